The van der Waals surface area contributed by atoms with Crippen molar-refractivity contribution in [2.24, 2.45) is 0 Å². The molecule has 0 spiro atoms. The van der Waals surface area contributed by atoms with Gasteiger partial charge in [0, 0.05) is 25.0 Å². The van der Waals surface area contributed by atoms with Crippen LogP contribution in [0.2, 0.25) is 0 Å². The highest BCUT2D eigenvalue weighted by Gasteiger charge is 2.30. The molecule has 0 aromatic carbocycles. The Kier molecular flexibility index (Phi) is 4.02. The summed E-state index contributed by atoms with van der Waals surface area (Å²) >= 11 is 0. The predicted molar refractivity (Wildman–Crippen MR) is 65.5 cm³/mol. The zero-order chi connectivity index (χ0) is 11.3. The Bertz CT molecular complexity index is 289. The van der Waals surface area contributed by atoms with E-state index in [1.165, 1.54) is 25.8 Å². The second-order valence-electron chi connectivity index (χ2n) is 4.67. The van der Waals surface area contributed by atoms with Crippen molar-refractivity contribution in [1.29, 1.82) is 0 Å². The molecule has 2 N–H and O–H groups in total. The molecule has 0 amide bonds. The number of hydrogen-bond acceptors (Lipinski definition) is 3. The summed E-state index contributed by atoms with van der Waals surface area (Å²) in [6.45, 7) is 5.52. The summed E-state index contributed by atoms with van der Waals surface area (Å²) in [7, 11) is 0. The number of rotatable bonds is 6. The molecule has 1 aliphatic rings. The van der Waals surface area contributed by atoms with Crippen LogP contribution in [-0.2, 0) is 6.42 Å². The van der Waals surface area contributed by atoms with E-state index in [9.17, 15) is 0 Å². The summed E-state index contributed by atoms with van der Waals surface area (Å²) in [6.07, 6.45) is 6.54. The van der Waals surface area contributed by atoms with Gasteiger partial charge in [0.1, 0.15) is 5.76 Å². The minimum absolute atomic E-state index is 0.350. The van der Waals surface area contributed by atoms with Crippen LogP contribution in [0.1, 0.15) is 31.9 Å². The van der Waals surface area contributed by atoms with Crippen LogP contribution in [0, 0.1) is 0 Å². The van der Waals surface area contributed by atoms with E-state index in [2.05, 4.69) is 17.6 Å². The molecule has 1 atom stereocenters. The standard InChI is InChI=1S/C13H22N2O/c1-2-13(7-4-8-15-13)11-14-9-6-12-5-3-10-16-12/h3,5,10,14-15H,2,4,6-9,11H2,1H3. The van der Waals surface area contributed by atoms with E-state index in [-0.39, 0.29) is 0 Å². The minimum Gasteiger partial charge on any atom is -0.469 e. The molecule has 1 aromatic heterocycles. The topological polar surface area (TPSA) is 37.2 Å². The molecule has 2 rings (SSSR count). The van der Waals surface area contributed by atoms with Gasteiger partial charge >= 0.3 is 0 Å². The van der Waals surface area contributed by atoms with Gasteiger partial charge in [-0.2, -0.15) is 0 Å². The van der Waals surface area contributed by atoms with Gasteiger partial charge in [-0.1, -0.05) is 6.92 Å². The van der Waals surface area contributed by atoms with E-state index in [0.29, 0.717) is 5.54 Å². The lowest BCUT2D eigenvalue weighted by Crippen LogP contribution is -2.48. The highest BCUT2D eigenvalue weighted by atomic mass is 16.3. The van der Waals surface area contributed by atoms with Crippen LogP contribution < -0.4 is 10.6 Å². The van der Waals surface area contributed by atoms with Crippen LogP contribution >= 0.6 is 0 Å². The fourth-order valence-corrected chi connectivity index (χ4v) is 2.44. The Morgan fingerprint density at radius 1 is 1.56 bits per heavy atom. The van der Waals surface area contributed by atoms with Crippen LogP contribution in [0.25, 0.3) is 0 Å². The summed E-state index contributed by atoms with van der Waals surface area (Å²) in [5.74, 6) is 1.07. The molecular weight excluding hydrogens is 200 g/mol. The summed E-state index contributed by atoms with van der Waals surface area (Å²) in [5.41, 5.74) is 0.350. The maximum absolute atomic E-state index is 5.30. The Labute approximate surface area is 97.6 Å². The van der Waals surface area contributed by atoms with Gasteiger partial charge in [0.2, 0.25) is 0 Å². The Morgan fingerprint density at radius 2 is 2.50 bits per heavy atom. The smallest absolute Gasteiger partial charge is 0.105 e. The van der Waals surface area contributed by atoms with Crippen molar-refractivity contribution in [2.75, 3.05) is 19.6 Å². The van der Waals surface area contributed by atoms with Crippen molar-refractivity contribution in [3.63, 3.8) is 0 Å². The molecule has 3 heteroatoms. The van der Waals surface area contributed by atoms with Gasteiger partial charge in [-0.3, -0.25) is 0 Å². The molecule has 0 radical (unpaired) electrons. The number of nitrogens with one attached hydrogen (secondary N) is 2. The van der Waals surface area contributed by atoms with Crippen molar-refractivity contribution in [1.82, 2.24) is 10.6 Å². The highest BCUT2D eigenvalue weighted by Crippen LogP contribution is 2.21. The average Bonchev–Trinajstić information content (AvgIpc) is 2.97. The SMILES string of the molecule is CCC1(CNCCc2ccco2)CCCN1. The maximum atomic E-state index is 5.30. The quantitative estimate of drug-likeness (QED) is 0.722. The molecule has 0 aliphatic carbocycles. The van der Waals surface area contributed by atoms with Crippen LogP contribution in [0.4, 0.5) is 0 Å². The molecular formula is C13H22N2O. The van der Waals surface area contributed by atoms with Crippen molar-refractivity contribution < 1.29 is 4.42 Å². The van der Waals surface area contributed by atoms with Crippen molar-refractivity contribution >= 4 is 0 Å². The Hall–Kier alpha value is -0.800. The van der Waals surface area contributed by atoms with Crippen LogP contribution in [0.3, 0.4) is 0 Å². The fraction of sp³-hybridized carbons (Fsp3) is 0.692. The summed E-state index contributed by atoms with van der Waals surface area (Å²) < 4.78 is 5.30. The van der Waals surface area contributed by atoms with E-state index in [4.69, 9.17) is 4.42 Å². The molecule has 1 unspecified atom stereocenters. The second-order valence-corrected chi connectivity index (χ2v) is 4.67. The molecule has 16 heavy (non-hydrogen) atoms. The molecule has 90 valence electrons. The van der Waals surface area contributed by atoms with Gasteiger partial charge in [-0.25, -0.2) is 0 Å². The van der Waals surface area contributed by atoms with Crippen molar-refractivity contribution in [3.05, 3.63) is 24.2 Å². The first-order valence-corrected chi connectivity index (χ1v) is 6.33. The molecule has 0 saturated carbocycles. The zero-order valence-electron chi connectivity index (χ0n) is 10.1. The summed E-state index contributed by atoms with van der Waals surface area (Å²) in [6, 6.07) is 3.98. The average molecular weight is 222 g/mol. The third-order valence-electron chi connectivity index (χ3n) is 3.60. The number of furan rings is 1. The van der Waals surface area contributed by atoms with Crippen LogP contribution in [-0.4, -0.2) is 25.2 Å². The van der Waals surface area contributed by atoms with Gasteiger partial charge in [0.15, 0.2) is 0 Å². The lowest BCUT2D eigenvalue weighted by Gasteiger charge is -2.28. The van der Waals surface area contributed by atoms with Gasteiger partial charge < -0.3 is 15.1 Å². The van der Waals surface area contributed by atoms with Gasteiger partial charge in [0.05, 0.1) is 6.26 Å². The lowest BCUT2D eigenvalue weighted by molar-refractivity contribution is 0.340. The fourth-order valence-electron chi connectivity index (χ4n) is 2.44. The van der Waals surface area contributed by atoms with E-state index in [0.717, 1.165) is 25.3 Å². The molecule has 3 nitrogen and oxygen atoms in total. The molecule has 1 fully saturated rings. The highest BCUT2D eigenvalue weighted by molar-refractivity contribution is 4.99. The van der Waals surface area contributed by atoms with Crippen molar-refractivity contribution in [3.8, 4) is 0 Å². The molecule has 1 saturated heterocycles. The minimum atomic E-state index is 0.350. The van der Waals surface area contributed by atoms with Crippen LogP contribution in [0.15, 0.2) is 22.8 Å². The van der Waals surface area contributed by atoms with E-state index in [1.807, 2.05) is 12.1 Å². The van der Waals surface area contributed by atoms with Gasteiger partial charge in [-0.15, -0.1) is 0 Å². The largest absolute Gasteiger partial charge is 0.469 e. The van der Waals surface area contributed by atoms with Gasteiger partial charge in [-0.05, 0) is 37.9 Å². The summed E-state index contributed by atoms with van der Waals surface area (Å²) in [5, 5.41) is 7.16. The monoisotopic (exact) mass is 222 g/mol. The molecule has 0 bridgehead atoms. The second kappa shape index (κ2) is 5.51. The van der Waals surface area contributed by atoms with E-state index >= 15 is 0 Å². The molecule has 1 aliphatic heterocycles. The molecule has 1 aromatic rings. The Morgan fingerprint density at radius 3 is 3.12 bits per heavy atom. The van der Waals surface area contributed by atoms with Crippen molar-refractivity contribution in [2.45, 2.75) is 38.1 Å². The normalized spacial score (nSPS) is 25.1. The van der Waals surface area contributed by atoms with E-state index in [1.54, 1.807) is 6.26 Å². The Balaban J connectivity index is 1.67. The third-order valence-corrected chi connectivity index (χ3v) is 3.60. The maximum Gasteiger partial charge on any atom is 0.105 e. The van der Waals surface area contributed by atoms with Crippen LogP contribution in [0.5, 0.6) is 0 Å². The first kappa shape index (κ1) is 11.7. The first-order valence-electron chi connectivity index (χ1n) is 6.33. The first-order chi connectivity index (χ1) is 7.85. The van der Waals surface area contributed by atoms with E-state index < -0.39 is 0 Å². The predicted octanol–water partition coefficient (Wildman–Crippen LogP) is 1.94. The molecule has 2 heterocycles. The number of hydrogen-bond donors (Lipinski definition) is 2. The van der Waals surface area contributed by atoms with Gasteiger partial charge in [0.25, 0.3) is 0 Å². The zero-order valence-corrected chi connectivity index (χ0v) is 10.1. The third kappa shape index (κ3) is 2.86. The lowest BCUT2D eigenvalue weighted by atomic mass is 9.94. The summed E-state index contributed by atoms with van der Waals surface area (Å²) in [4.78, 5) is 0.